The highest BCUT2D eigenvalue weighted by molar-refractivity contribution is 7.93. The van der Waals surface area contributed by atoms with Crippen LogP contribution in [0.4, 0.5) is 10.8 Å². The van der Waals surface area contributed by atoms with Crippen molar-refractivity contribution in [3.8, 4) is 0 Å². The molecule has 2 rings (SSSR count). The molecule has 106 valence electrons. The molecule has 1 aromatic heterocycles. The molecule has 0 aliphatic rings. The fourth-order valence-electron chi connectivity index (χ4n) is 1.41. The maximum Gasteiger partial charge on any atom is 0.308 e. The third kappa shape index (κ3) is 3.45. The minimum absolute atomic E-state index is 0.0571. The van der Waals surface area contributed by atoms with Crippen molar-refractivity contribution in [2.45, 2.75) is 11.3 Å². The Hall–Kier alpha value is -2.13. The summed E-state index contributed by atoms with van der Waals surface area (Å²) in [4.78, 5) is 14.9. The summed E-state index contributed by atoms with van der Waals surface area (Å²) in [5.74, 6) is -0.999. The van der Waals surface area contributed by atoms with Gasteiger partial charge in [-0.25, -0.2) is 13.4 Å². The van der Waals surface area contributed by atoms with Crippen LogP contribution < -0.4 is 10.5 Å². The number of nitrogens with zero attached hydrogens (tertiary/aromatic N) is 1. The van der Waals surface area contributed by atoms with E-state index in [2.05, 4.69) is 9.71 Å². The van der Waals surface area contributed by atoms with Crippen LogP contribution in [0.25, 0.3) is 0 Å². The summed E-state index contributed by atoms with van der Waals surface area (Å²) in [6.07, 6.45) is 1.14. The minimum Gasteiger partial charge on any atom is -0.481 e. The number of nitrogens with one attached hydrogen (secondary N) is 1. The maximum atomic E-state index is 12.0. The second-order valence-corrected chi connectivity index (χ2v) is 6.67. The van der Waals surface area contributed by atoms with E-state index in [9.17, 15) is 13.2 Å². The number of rotatable bonds is 5. The average molecular weight is 313 g/mol. The van der Waals surface area contributed by atoms with Gasteiger partial charge in [-0.1, -0.05) is 0 Å². The van der Waals surface area contributed by atoms with Gasteiger partial charge in [0.15, 0.2) is 5.13 Å². The molecule has 0 unspecified atom stereocenters. The summed E-state index contributed by atoms with van der Waals surface area (Å²) in [5, 5.41) is 8.76. The van der Waals surface area contributed by atoms with Gasteiger partial charge >= 0.3 is 5.97 Å². The van der Waals surface area contributed by atoms with E-state index >= 15 is 0 Å². The number of carboxylic acids is 1. The van der Waals surface area contributed by atoms with Crippen LogP contribution in [0.5, 0.6) is 0 Å². The fourth-order valence-corrected chi connectivity index (χ4v) is 3.45. The normalized spacial score (nSPS) is 11.2. The Morgan fingerprint density at radius 3 is 2.60 bits per heavy atom. The lowest BCUT2D eigenvalue weighted by molar-refractivity contribution is -0.136. The molecule has 2 aromatic rings. The highest BCUT2D eigenvalue weighted by Crippen LogP contribution is 2.22. The molecule has 0 aliphatic heterocycles. The van der Waals surface area contributed by atoms with E-state index in [1.165, 1.54) is 30.5 Å². The monoisotopic (exact) mass is 313 g/mol. The summed E-state index contributed by atoms with van der Waals surface area (Å²) in [6.45, 7) is 0. The first-order chi connectivity index (χ1) is 9.37. The number of thiazole rings is 1. The van der Waals surface area contributed by atoms with Gasteiger partial charge in [0.25, 0.3) is 10.0 Å². The van der Waals surface area contributed by atoms with Crippen LogP contribution in [0.1, 0.15) is 4.88 Å². The number of carboxylic acid groups (broad SMARTS) is 1. The molecule has 20 heavy (non-hydrogen) atoms. The van der Waals surface area contributed by atoms with Gasteiger partial charge in [-0.3, -0.25) is 9.52 Å². The molecule has 9 heteroatoms. The Morgan fingerprint density at radius 1 is 1.35 bits per heavy atom. The van der Waals surface area contributed by atoms with E-state index in [1.54, 1.807) is 0 Å². The topological polar surface area (TPSA) is 122 Å². The number of hydrogen-bond donors (Lipinski definition) is 3. The highest BCUT2D eigenvalue weighted by atomic mass is 32.2. The number of benzene rings is 1. The molecule has 0 radical (unpaired) electrons. The van der Waals surface area contributed by atoms with Gasteiger partial charge in [-0.2, -0.15) is 0 Å². The largest absolute Gasteiger partial charge is 0.481 e. The highest BCUT2D eigenvalue weighted by Gasteiger charge is 2.16. The van der Waals surface area contributed by atoms with Crippen molar-refractivity contribution in [1.82, 2.24) is 4.98 Å². The quantitative estimate of drug-likeness (QED) is 0.712. The SMILES string of the molecule is Nc1ccc(S(=O)(=O)Nc2ncc(CC(=O)O)s2)cc1. The first kappa shape index (κ1) is 14.3. The number of anilines is 2. The Bertz CT molecular complexity index is 722. The van der Waals surface area contributed by atoms with Gasteiger partial charge in [0.2, 0.25) is 0 Å². The number of aromatic nitrogens is 1. The molecule has 0 saturated heterocycles. The van der Waals surface area contributed by atoms with Crippen LogP contribution in [-0.4, -0.2) is 24.5 Å². The van der Waals surface area contributed by atoms with Gasteiger partial charge in [-0.05, 0) is 24.3 Å². The van der Waals surface area contributed by atoms with E-state index in [0.29, 0.717) is 10.6 Å². The lowest BCUT2D eigenvalue weighted by Crippen LogP contribution is -2.12. The summed E-state index contributed by atoms with van der Waals surface area (Å²) in [5.41, 5.74) is 5.95. The van der Waals surface area contributed by atoms with Crippen LogP contribution in [0.15, 0.2) is 35.4 Å². The van der Waals surface area contributed by atoms with E-state index < -0.39 is 16.0 Å². The van der Waals surface area contributed by atoms with Crippen LogP contribution >= 0.6 is 11.3 Å². The molecule has 0 atom stereocenters. The van der Waals surface area contributed by atoms with Crippen molar-refractivity contribution in [3.05, 3.63) is 35.3 Å². The van der Waals surface area contributed by atoms with Crippen LogP contribution in [0.3, 0.4) is 0 Å². The van der Waals surface area contributed by atoms with Gasteiger partial charge in [-0.15, -0.1) is 11.3 Å². The summed E-state index contributed by atoms with van der Waals surface area (Å²) in [7, 11) is -3.75. The number of nitrogens with two attached hydrogens (primary N) is 1. The molecule has 0 bridgehead atoms. The zero-order valence-electron chi connectivity index (χ0n) is 10.1. The molecular weight excluding hydrogens is 302 g/mol. The van der Waals surface area contributed by atoms with Crippen LogP contribution in [0.2, 0.25) is 0 Å². The van der Waals surface area contributed by atoms with Gasteiger partial charge in [0.05, 0.1) is 11.3 Å². The van der Waals surface area contributed by atoms with Crippen LogP contribution in [-0.2, 0) is 21.2 Å². The molecule has 1 aromatic carbocycles. The molecule has 0 spiro atoms. The Balaban J connectivity index is 2.18. The number of nitrogen functional groups attached to an aromatic ring is 1. The van der Waals surface area contributed by atoms with E-state index in [1.807, 2.05) is 0 Å². The Labute approximate surface area is 119 Å². The third-order valence-corrected chi connectivity index (χ3v) is 4.69. The summed E-state index contributed by atoms with van der Waals surface area (Å²) < 4.78 is 26.4. The number of hydrogen-bond acceptors (Lipinski definition) is 6. The molecular formula is C11H11N3O4S2. The zero-order valence-corrected chi connectivity index (χ0v) is 11.7. The minimum atomic E-state index is -3.75. The average Bonchev–Trinajstić information content (AvgIpc) is 2.75. The van der Waals surface area contributed by atoms with E-state index in [-0.39, 0.29) is 16.4 Å². The molecule has 0 amide bonds. The first-order valence-electron chi connectivity index (χ1n) is 5.42. The summed E-state index contributed by atoms with van der Waals surface area (Å²) in [6, 6.07) is 5.71. The van der Waals surface area contributed by atoms with Crippen molar-refractivity contribution in [3.63, 3.8) is 0 Å². The van der Waals surface area contributed by atoms with Crippen molar-refractivity contribution < 1.29 is 18.3 Å². The Morgan fingerprint density at radius 2 is 2.00 bits per heavy atom. The van der Waals surface area contributed by atoms with Crippen molar-refractivity contribution >= 4 is 38.1 Å². The second kappa shape index (κ2) is 5.47. The summed E-state index contributed by atoms with van der Waals surface area (Å²) >= 11 is 0.979. The van der Waals surface area contributed by atoms with Crippen LogP contribution in [0, 0.1) is 0 Å². The van der Waals surface area contributed by atoms with Gasteiger partial charge in [0, 0.05) is 16.8 Å². The number of sulfonamides is 1. The number of aliphatic carboxylic acids is 1. The molecule has 0 fully saturated rings. The lowest BCUT2D eigenvalue weighted by atomic mass is 10.3. The number of carbonyl (C=O) groups is 1. The van der Waals surface area contributed by atoms with Gasteiger partial charge in [0.1, 0.15) is 0 Å². The molecule has 0 saturated carbocycles. The maximum absolute atomic E-state index is 12.0. The molecule has 0 aliphatic carbocycles. The smallest absolute Gasteiger partial charge is 0.308 e. The molecule has 7 nitrogen and oxygen atoms in total. The lowest BCUT2D eigenvalue weighted by Gasteiger charge is -2.04. The predicted octanol–water partition coefficient (Wildman–Crippen LogP) is 1.15. The second-order valence-electron chi connectivity index (χ2n) is 3.88. The standard InChI is InChI=1S/C11H11N3O4S2/c12-7-1-3-9(4-2-7)20(17,18)14-11-13-6-8(19-11)5-10(15)16/h1-4,6H,5,12H2,(H,13,14)(H,15,16). The van der Waals surface area contributed by atoms with E-state index in [0.717, 1.165) is 11.3 Å². The molecule has 4 N–H and O–H groups in total. The fraction of sp³-hybridized carbons (Fsp3) is 0.0909. The first-order valence-corrected chi connectivity index (χ1v) is 7.71. The predicted molar refractivity (Wildman–Crippen MR) is 75.1 cm³/mol. The third-order valence-electron chi connectivity index (χ3n) is 2.29. The van der Waals surface area contributed by atoms with Crippen molar-refractivity contribution in [2.75, 3.05) is 10.5 Å². The van der Waals surface area contributed by atoms with Crippen molar-refractivity contribution in [1.29, 1.82) is 0 Å². The van der Waals surface area contributed by atoms with E-state index in [4.69, 9.17) is 10.8 Å². The zero-order chi connectivity index (χ0) is 14.8. The Kier molecular flexibility index (Phi) is 3.91. The van der Waals surface area contributed by atoms with Gasteiger partial charge < -0.3 is 10.8 Å². The van der Waals surface area contributed by atoms with Crippen molar-refractivity contribution in [2.24, 2.45) is 0 Å². The molecule has 1 heterocycles.